The third-order valence-corrected chi connectivity index (χ3v) is 14.9. The summed E-state index contributed by atoms with van der Waals surface area (Å²) in [5, 5.41) is 25.3. The van der Waals surface area contributed by atoms with Crippen molar-refractivity contribution < 1.29 is 38.7 Å². The Balaban J connectivity index is 0.000000159. The number of aromatic nitrogens is 4. The van der Waals surface area contributed by atoms with Crippen molar-refractivity contribution in [3.8, 4) is 0 Å². The van der Waals surface area contributed by atoms with Crippen molar-refractivity contribution in [1.29, 1.82) is 0 Å². The summed E-state index contributed by atoms with van der Waals surface area (Å²) < 4.78 is 27.0. The van der Waals surface area contributed by atoms with Crippen LogP contribution >= 0.6 is 81.2 Å². The molecule has 0 amide bonds. The number of halogens is 7. The quantitative estimate of drug-likeness (QED) is 0.0890. The molecule has 0 bridgehead atoms. The van der Waals surface area contributed by atoms with E-state index in [9.17, 15) is 19.8 Å². The molecule has 2 saturated heterocycles. The van der Waals surface area contributed by atoms with Crippen molar-refractivity contribution >= 4 is 93.1 Å². The zero-order valence-electron chi connectivity index (χ0n) is 39.3. The van der Waals surface area contributed by atoms with Crippen LogP contribution in [0.2, 0.25) is 35.2 Å². The third-order valence-electron chi connectivity index (χ3n) is 12.9. The van der Waals surface area contributed by atoms with Gasteiger partial charge in [-0.05, 0) is 92.4 Å². The second-order valence-electron chi connectivity index (χ2n) is 17.8. The average Bonchev–Trinajstić information content (AvgIpc) is 4.19. The highest BCUT2D eigenvalue weighted by atomic mass is 35.5. The molecule has 9 rings (SSSR count). The summed E-state index contributed by atoms with van der Waals surface area (Å²) >= 11 is 42.8. The summed E-state index contributed by atoms with van der Waals surface area (Å²) in [5.41, 5.74) is 0.288. The summed E-state index contributed by atoms with van der Waals surface area (Å²) in [7, 11) is 0. The van der Waals surface area contributed by atoms with E-state index in [4.69, 9.17) is 100 Å². The Hall–Kier alpha value is -4.19. The van der Waals surface area contributed by atoms with Gasteiger partial charge >= 0.3 is 11.9 Å². The molecular weight excluding hydrogens is 1070 g/mol. The van der Waals surface area contributed by atoms with E-state index < -0.39 is 29.1 Å². The zero-order chi connectivity index (χ0) is 51.7. The lowest BCUT2D eigenvalue weighted by Crippen LogP contribution is -2.61. The van der Waals surface area contributed by atoms with Crippen LogP contribution in [0.15, 0.2) is 128 Å². The van der Waals surface area contributed by atoms with E-state index in [1.165, 1.54) is 13.8 Å². The van der Waals surface area contributed by atoms with E-state index in [-0.39, 0.29) is 31.0 Å². The molecule has 13 nitrogen and oxygen atoms in total. The fourth-order valence-corrected chi connectivity index (χ4v) is 9.96. The van der Waals surface area contributed by atoms with Gasteiger partial charge in [0.25, 0.3) is 0 Å². The number of nitrogens with zero attached hydrogens (tertiary/aromatic N) is 5. The molecule has 0 saturated carbocycles. The molecule has 5 heterocycles. The average molecular weight is 1120 g/mol. The summed E-state index contributed by atoms with van der Waals surface area (Å²) in [5.74, 6) is -2.65. The van der Waals surface area contributed by atoms with E-state index in [2.05, 4.69) is 14.9 Å². The highest BCUT2D eigenvalue weighted by Crippen LogP contribution is 2.38. The maximum atomic E-state index is 12.4. The lowest BCUT2D eigenvalue weighted by Gasteiger charge is -2.39. The number of rotatable bonds is 12. The molecule has 3 aliphatic heterocycles. The van der Waals surface area contributed by atoms with Crippen molar-refractivity contribution in [1.82, 2.24) is 24.0 Å². The van der Waals surface area contributed by atoms with Crippen molar-refractivity contribution in [2.24, 2.45) is 5.92 Å². The normalized spacial score (nSPS) is 22.7. The smallest absolute Gasteiger partial charge is 0.341 e. The Morgan fingerprint density at radius 1 is 0.722 bits per heavy atom. The van der Waals surface area contributed by atoms with Crippen LogP contribution in [0.1, 0.15) is 61.7 Å². The second-order valence-corrected chi connectivity index (χ2v) is 20.8. The van der Waals surface area contributed by atoms with E-state index >= 15 is 0 Å². The minimum atomic E-state index is -2.22. The molecule has 0 aliphatic carbocycles. The van der Waals surface area contributed by atoms with Crippen LogP contribution < -0.4 is 0 Å². The number of benzene rings is 4. The second kappa shape index (κ2) is 24.9. The molecule has 2 fully saturated rings. The lowest BCUT2D eigenvalue weighted by atomic mass is 9.76. The highest BCUT2D eigenvalue weighted by Gasteiger charge is 2.56. The first-order chi connectivity index (χ1) is 34.3. The molecule has 382 valence electrons. The van der Waals surface area contributed by atoms with Gasteiger partial charge in [-0.25, -0.2) is 14.8 Å². The number of imidazole rings is 2. The van der Waals surface area contributed by atoms with Crippen LogP contribution in [-0.2, 0) is 54.8 Å². The number of hydrogen-bond acceptors (Lipinski definition) is 11. The number of esters is 2. The molecule has 7 atom stereocenters. The van der Waals surface area contributed by atoms with Crippen LogP contribution in [-0.4, -0.2) is 89.2 Å². The summed E-state index contributed by atoms with van der Waals surface area (Å²) in [6, 6.07) is 23.6. The van der Waals surface area contributed by atoms with Gasteiger partial charge in [0.05, 0.1) is 50.9 Å². The van der Waals surface area contributed by atoms with Gasteiger partial charge in [0.15, 0.2) is 5.60 Å². The Bertz CT molecular complexity index is 2810. The van der Waals surface area contributed by atoms with E-state index in [1.54, 1.807) is 55.4 Å². The van der Waals surface area contributed by atoms with Crippen LogP contribution in [0.5, 0.6) is 0 Å². The zero-order valence-corrected chi connectivity index (χ0v) is 44.6. The summed E-state index contributed by atoms with van der Waals surface area (Å²) in [6.45, 7) is 7.36. The van der Waals surface area contributed by atoms with E-state index in [0.29, 0.717) is 67.9 Å². The lowest BCUT2D eigenvalue weighted by molar-refractivity contribution is -0.205. The number of aliphatic hydroxyl groups is 2. The molecule has 20 heteroatoms. The Morgan fingerprint density at radius 3 is 1.78 bits per heavy atom. The maximum absolute atomic E-state index is 12.4. The number of carbonyl (C=O) groups excluding carboxylic acids is 2. The number of ether oxygens (including phenoxy) is 4. The van der Waals surface area contributed by atoms with Crippen LogP contribution in [0, 0.1) is 5.92 Å². The molecule has 2 aromatic heterocycles. The largest absolute Gasteiger partial charge is 0.460 e. The molecular formula is C52H52Cl7N5O8. The molecule has 2 unspecified atom stereocenters. The van der Waals surface area contributed by atoms with Gasteiger partial charge in [0.1, 0.15) is 30.5 Å². The summed E-state index contributed by atoms with van der Waals surface area (Å²) in [4.78, 5) is 35.0. The Kier molecular flexibility index (Phi) is 19.2. The summed E-state index contributed by atoms with van der Waals surface area (Å²) in [6.07, 6.45) is 12.5. The minimum Gasteiger partial charge on any atom is -0.460 e. The Labute approximate surface area is 453 Å². The topological polar surface area (TPSA) is 150 Å². The van der Waals surface area contributed by atoms with Crippen LogP contribution in [0.4, 0.5) is 0 Å². The number of carbonyl (C=O) groups is 2. The standard InChI is InChI=1S/C18H14Cl4N2O.C18H15Cl3N2O.C16H23NO6/c19-13-2-1-12(16(21)7-13)10-25-18(9-24-6-5-23-11-24)15-4-3-14(20)8-17(15)22;19-14-3-1-13(2-4-14)11-24-18(10-23-8-7-22-12-23)16-6-5-15(20)9-17(16)21;1-9-13(18)23-11-5-7-17-6-4-10(12(11)17)8-22-14(19)16(3,21)15(9,2)20/h1-8,11,18H,9-10H2;1-9,12,18H,10-11H2;4,9,11-12,20-21H,5-8H2,1-3H3/t;;9-,11+,12+,15+,16-/m..0/s1. The van der Waals surface area contributed by atoms with Gasteiger partial charge in [0, 0.05) is 84.2 Å². The molecule has 72 heavy (non-hydrogen) atoms. The van der Waals surface area contributed by atoms with Crippen LogP contribution in [0.25, 0.3) is 0 Å². The fraction of sp³-hybridized carbons (Fsp3) is 0.346. The first-order valence-corrected chi connectivity index (χ1v) is 25.4. The first kappa shape index (κ1) is 55.6. The monoisotopic (exact) mass is 1120 g/mol. The van der Waals surface area contributed by atoms with Crippen molar-refractivity contribution in [2.45, 2.75) is 89.1 Å². The molecule has 4 aromatic carbocycles. The van der Waals surface area contributed by atoms with E-state index in [0.717, 1.165) is 47.8 Å². The van der Waals surface area contributed by atoms with E-state index in [1.807, 2.05) is 76.1 Å². The number of cyclic esters (lactones) is 1. The fourth-order valence-electron chi connectivity index (χ4n) is 8.31. The maximum Gasteiger partial charge on any atom is 0.341 e. The minimum absolute atomic E-state index is 0.0225. The molecule has 6 aromatic rings. The van der Waals surface area contributed by atoms with Gasteiger partial charge in [-0.1, -0.05) is 118 Å². The predicted molar refractivity (Wildman–Crippen MR) is 280 cm³/mol. The predicted octanol–water partition coefficient (Wildman–Crippen LogP) is 11.9. The highest BCUT2D eigenvalue weighted by molar-refractivity contribution is 6.36. The molecule has 0 spiro atoms. The van der Waals surface area contributed by atoms with Crippen molar-refractivity contribution in [3.63, 3.8) is 0 Å². The van der Waals surface area contributed by atoms with Crippen molar-refractivity contribution in [3.05, 3.63) is 185 Å². The molecule has 3 aliphatic rings. The van der Waals surface area contributed by atoms with Crippen molar-refractivity contribution in [2.75, 3.05) is 19.7 Å². The number of hydrogen-bond donors (Lipinski definition) is 2. The van der Waals surface area contributed by atoms with Crippen LogP contribution in [0.3, 0.4) is 0 Å². The molecule has 2 N–H and O–H groups in total. The van der Waals surface area contributed by atoms with Gasteiger partial charge in [-0.2, -0.15) is 0 Å². The van der Waals surface area contributed by atoms with Gasteiger partial charge < -0.3 is 38.3 Å². The van der Waals surface area contributed by atoms with Gasteiger partial charge in [-0.15, -0.1) is 0 Å². The first-order valence-electron chi connectivity index (χ1n) is 22.8. The Morgan fingerprint density at radius 2 is 1.25 bits per heavy atom. The third kappa shape index (κ3) is 13.9. The van der Waals surface area contributed by atoms with Gasteiger partial charge in [-0.3, -0.25) is 9.69 Å². The molecule has 0 radical (unpaired) electrons. The SMILES string of the molecule is C[C@H]1C(=O)O[C@@H]2CCN3CC=C(COC(=O)[C@](C)(O)[C@]1(C)O)[C@H]23.Clc1ccc(COC(Cn2ccnc2)c2ccc(Cl)cc2Cl)c(Cl)c1.Clc1ccc(COC(Cn2ccnc2)c2ccc(Cl)cc2Cl)cc1. The van der Waals surface area contributed by atoms with Gasteiger partial charge in [0.2, 0.25) is 0 Å².